The summed E-state index contributed by atoms with van der Waals surface area (Å²) in [6.45, 7) is 6.87. The van der Waals surface area contributed by atoms with E-state index >= 15 is 0 Å². The van der Waals surface area contributed by atoms with E-state index in [9.17, 15) is 9.59 Å². The fourth-order valence-corrected chi connectivity index (χ4v) is 4.28. The van der Waals surface area contributed by atoms with E-state index in [4.69, 9.17) is 16.6 Å². The largest absolute Gasteiger partial charge is 0.365 e. The van der Waals surface area contributed by atoms with Crippen LogP contribution in [-0.4, -0.2) is 38.1 Å². The Labute approximate surface area is 168 Å². The van der Waals surface area contributed by atoms with E-state index in [1.54, 1.807) is 22.0 Å². The van der Waals surface area contributed by atoms with E-state index in [1.165, 1.54) is 0 Å². The number of nitrogens with zero attached hydrogens (tertiary/aromatic N) is 4. The topological polar surface area (TPSA) is 120 Å². The summed E-state index contributed by atoms with van der Waals surface area (Å²) in [5.41, 5.74) is 13.4. The molecule has 1 aliphatic rings. The molecule has 2 aromatic heterocycles. The number of urea groups is 1. The Kier molecular flexibility index (Phi) is 4.29. The third-order valence-corrected chi connectivity index (χ3v) is 5.40. The first kappa shape index (κ1) is 18.9. The lowest BCUT2D eigenvalue weighted by atomic mass is 9.81. The van der Waals surface area contributed by atoms with Crippen LogP contribution in [0.4, 0.5) is 4.79 Å². The van der Waals surface area contributed by atoms with Crippen molar-refractivity contribution in [1.29, 1.82) is 0 Å². The second-order valence-electron chi connectivity index (χ2n) is 8.40. The predicted molar refractivity (Wildman–Crippen MR) is 110 cm³/mol. The molecule has 8 heteroatoms. The zero-order chi connectivity index (χ0) is 20.9. The molecule has 0 fully saturated rings. The first-order valence-electron chi connectivity index (χ1n) is 9.50. The van der Waals surface area contributed by atoms with Gasteiger partial charge in [-0.3, -0.25) is 14.5 Å². The highest BCUT2D eigenvalue weighted by Crippen LogP contribution is 2.44. The maximum atomic E-state index is 12.6. The summed E-state index contributed by atoms with van der Waals surface area (Å²) in [7, 11) is 0. The molecule has 0 radical (unpaired) electrons. The van der Waals surface area contributed by atoms with E-state index in [2.05, 4.69) is 4.98 Å². The van der Waals surface area contributed by atoms with Gasteiger partial charge in [0, 0.05) is 29.9 Å². The average Bonchev–Trinajstić information content (AvgIpc) is 3.05. The van der Waals surface area contributed by atoms with E-state index < -0.39 is 18.0 Å². The summed E-state index contributed by atoms with van der Waals surface area (Å²) < 4.78 is 1.80. The van der Waals surface area contributed by atoms with Gasteiger partial charge in [0.2, 0.25) is 0 Å². The standard InChI is InChI=1S/C21H24N6O2/c1-21(2,3)18-17-15(19(22)28)16(25-27(17)10-9-26(18)20(23)29)14-6-4-5-12-11-24-8-7-13(12)14/h4-8,11,18H,9-10H2,1-3H3,(H2,22,28)(H2,23,29). The first-order valence-corrected chi connectivity index (χ1v) is 9.50. The van der Waals surface area contributed by atoms with Crippen LogP contribution in [0.3, 0.4) is 0 Å². The van der Waals surface area contributed by atoms with Crippen molar-refractivity contribution in [2.45, 2.75) is 33.4 Å². The number of rotatable bonds is 2. The molecule has 3 aromatic rings. The smallest absolute Gasteiger partial charge is 0.315 e. The number of carbonyl (C=O) groups is 2. The number of pyridine rings is 1. The fraction of sp³-hybridized carbons (Fsp3) is 0.333. The minimum atomic E-state index is -0.576. The van der Waals surface area contributed by atoms with E-state index in [1.807, 2.05) is 45.0 Å². The number of aromatic nitrogens is 3. The van der Waals surface area contributed by atoms with Gasteiger partial charge in [-0.2, -0.15) is 5.10 Å². The third-order valence-electron chi connectivity index (χ3n) is 5.40. The molecule has 4 N–H and O–H groups in total. The van der Waals surface area contributed by atoms with Gasteiger partial charge in [-0.25, -0.2) is 4.79 Å². The van der Waals surface area contributed by atoms with Crippen LogP contribution in [-0.2, 0) is 6.54 Å². The second kappa shape index (κ2) is 6.58. The molecule has 3 amide bonds. The lowest BCUT2D eigenvalue weighted by molar-refractivity contribution is 0.0899. The normalized spacial score (nSPS) is 16.7. The molecule has 1 aromatic carbocycles. The highest BCUT2D eigenvalue weighted by Gasteiger charge is 2.43. The minimum Gasteiger partial charge on any atom is -0.365 e. The van der Waals surface area contributed by atoms with Gasteiger partial charge in [-0.15, -0.1) is 0 Å². The molecule has 0 bridgehead atoms. The summed E-state index contributed by atoms with van der Waals surface area (Å²) in [4.78, 5) is 30.6. The number of hydrogen-bond acceptors (Lipinski definition) is 4. The first-order chi connectivity index (χ1) is 13.7. The van der Waals surface area contributed by atoms with Crippen LogP contribution in [0.5, 0.6) is 0 Å². The lowest BCUT2D eigenvalue weighted by Gasteiger charge is -2.42. The SMILES string of the molecule is CC(C)(C)C1c2c(C(N)=O)c(-c3cccc4cnccc34)nn2CCN1C(N)=O. The Balaban J connectivity index is 2.03. The van der Waals surface area contributed by atoms with Gasteiger partial charge in [0.1, 0.15) is 5.69 Å². The lowest BCUT2D eigenvalue weighted by Crippen LogP contribution is -2.49. The average molecular weight is 392 g/mol. The molecule has 8 nitrogen and oxygen atoms in total. The molecule has 0 saturated heterocycles. The van der Waals surface area contributed by atoms with E-state index in [0.29, 0.717) is 30.0 Å². The van der Waals surface area contributed by atoms with E-state index in [-0.39, 0.29) is 5.41 Å². The maximum Gasteiger partial charge on any atom is 0.315 e. The molecule has 1 aliphatic heterocycles. The molecule has 4 rings (SSSR count). The van der Waals surface area contributed by atoms with Crippen molar-refractivity contribution >= 4 is 22.7 Å². The molecule has 3 heterocycles. The summed E-state index contributed by atoms with van der Waals surface area (Å²) in [5, 5.41) is 6.64. The second-order valence-corrected chi connectivity index (χ2v) is 8.40. The number of carbonyl (C=O) groups excluding carboxylic acids is 2. The zero-order valence-corrected chi connectivity index (χ0v) is 16.7. The molecular formula is C21H24N6O2. The summed E-state index contributed by atoms with van der Waals surface area (Å²) in [6, 6.07) is 6.73. The van der Waals surface area contributed by atoms with Crippen molar-refractivity contribution in [3.8, 4) is 11.3 Å². The Morgan fingerprint density at radius 1 is 1.14 bits per heavy atom. The summed E-state index contributed by atoms with van der Waals surface area (Å²) in [5.74, 6) is -0.576. The Morgan fingerprint density at radius 2 is 1.90 bits per heavy atom. The van der Waals surface area contributed by atoms with Crippen molar-refractivity contribution in [3.63, 3.8) is 0 Å². The molecule has 1 unspecified atom stereocenters. The van der Waals surface area contributed by atoms with Crippen LogP contribution in [0.25, 0.3) is 22.0 Å². The Bertz CT molecular complexity index is 1120. The summed E-state index contributed by atoms with van der Waals surface area (Å²) in [6.07, 6.45) is 3.48. The van der Waals surface area contributed by atoms with Crippen LogP contribution in [0, 0.1) is 5.41 Å². The van der Waals surface area contributed by atoms with E-state index in [0.717, 1.165) is 16.3 Å². The van der Waals surface area contributed by atoms with Crippen LogP contribution in [0.15, 0.2) is 36.7 Å². The highest BCUT2D eigenvalue weighted by molar-refractivity contribution is 6.05. The van der Waals surface area contributed by atoms with Crippen LogP contribution < -0.4 is 11.5 Å². The van der Waals surface area contributed by atoms with Crippen molar-refractivity contribution < 1.29 is 9.59 Å². The monoisotopic (exact) mass is 392 g/mol. The molecule has 1 atom stereocenters. The highest BCUT2D eigenvalue weighted by atomic mass is 16.2. The zero-order valence-electron chi connectivity index (χ0n) is 16.7. The van der Waals surface area contributed by atoms with Gasteiger partial charge >= 0.3 is 6.03 Å². The fourth-order valence-electron chi connectivity index (χ4n) is 4.28. The van der Waals surface area contributed by atoms with Crippen LogP contribution >= 0.6 is 0 Å². The summed E-state index contributed by atoms with van der Waals surface area (Å²) >= 11 is 0. The number of amides is 3. The minimum absolute atomic E-state index is 0.334. The molecular weight excluding hydrogens is 368 g/mol. The van der Waals surface area contributed by atoms with Gasteiger partial charge in [-0.1, -0.05) is 39.0 Å². The number of hydrogen-bond donors (Lipinski definition) is 2. The maximum absolute atomic E-state index is 12.6. The number of benzene rings is 1. The van der Waals surface area contributed by atoms with Crippen molar-refractivity contribution in [1.82, 2.24) is 19.7 Å². The van der Waals surface area contributed by atoms with Crippen molar-refractivity contribution in [3.05, 3.63) is 47.9 Å². The van der Waals surface area contributed by atoms with Gasteiger partial charge < -0.3 is 16.4 Å². The molecule has 29 heavy (non-hydrogen) atoms. The van der Waals surface area contributed by atoms with Crippen LogP contribution in [0.2, 0.25) is 0 Å². The number of fused-ring (bicyclic) bond motifs is 2. The quantitative estimate of drug-likeness (QED) is 0.696. The van der Waals surface area contributed by atoms with Gasteiger partial charge in [0.25, 0.3) is 5.91 Å². The van der Waals surface area contributed by atoms with Crippen molar-refractivity contribution in [2.24, 2.45) is 16.9 Å². The number of primary amides is 2. The predicted octanol–water partition coefficient (Wildman–Crippen LogP) is 2.68. The third kappa shape index (κ3) is 3.00. The molecule has 0 aliphatic carbocycles. The Morgan fingerprint density at radius 3 is 2.55 bits per heavy atom. The molecule has 0 saturated carbocycles. The van der Waals surface area contributed by atoms with Crippen molar-refractivity contribution in [2.75, 3.05) is 6.54 Å². The van der Waals surface area contributed by atoms with Gasteiger partial charge in [0.15, 0.2) is 0 Å². The van der Waals surface area contributed by atoms with Gasteiger partial charge in [0.05, 0.1) is 23.8 Å². The Hall–Kier alpha value is -3.42. The number of nitrogens with two attached hydrogens (primary N) is 2. The molecule has 150 valence electrons. The van der Waals surface area contributed by atoms with Crippen LogP contribution in [0.1, 0.15) is 42.9 Å². The molecule has 0 spiro atoms. The van der Waals surface area contributed by atoms with Gasteiger partial charge in [-0.05, 0) is 16.9 Å².